The van der Waals surface area contributed by atoms with Crippen LogP contribution in [0, 0.1) is 12.7 Å². The van der Waals surface area contributed by atoms with E-state index in [-0.39, 0.29) is 24.2 Å². The molecule has 0 atom stereocenters. The van der Waals surface area contributed by atoms with Gasteiger partial charge in [-0.05, 0) is 31.9 Å². The van der Waals surface area contributed by atoms with Crippen molar-refractivity contribution in [3.05, 3.63) is 47.0 Å². The first-order valence-corrected chi connectivity index (χ1v) is 8.35. The lowest BCUT2D eigenvalue weighted by Gasteiger charge is -2.34. The van der Waals surface area contributed by atoms with Crippen LogP contribution in [0.5, 0.6) is 5.75 Å². The quantitative estimate of drug-likeness (QED) is 0.900. The van der Waals surface area contributed by atoms with Crippen molar-refractivity contribution in [2.24, 2.45) is 0 Å². The number of nitrogens with one attached hydrogen (secondary N) is 1. The molecule has 5 nitrogen and oxygen atoms in total. The number of H-pyrrole nitrogens is 1. The number of halogens is 1. The molecule has 1 aromatic heterocycles. The zero-order valence-corrected chi connectivity index (χ0v) is 13.8. The van der Waals surface area contributed by atoms with Gasteiger partial charge in [0.15, 0.2) is 0 Å². The third-order valence-electron chi connectivity index (χ3n) is 4.58. The largest absolute Gasteiger partial charge is 0.508 e. The summed E-state index contributed by atoms with van der Waals surface area (Å²) in [5.74, 6) is -0.796. The van der Waals surface area contributed by atoms with Gasteiger partial charge in [0, 0.05) is 29.9 Å². The molecule has 2 aromatic rings. The van der Waals surface area contributed by atoms with Crippen molar-refractivity contribution >= 4 is 5.91 Å². The average Bonchev–Trinajstić information content (AvgIpc) is 3.01. The highest BCUT2D eigenvalue weighted by atomic mass is 19.1. The number of aromatic amines is 1. The van der Waals surface area contributed by atoms with E-state index < -0.39 is 5.82 Å². The first kappa shape index (κ1) is 16.5. The van der Waals surface area contributed by atoms with Crippen molar-refractivity contribution in [3.8, 4) is 5.75 Å². The van der Waals surface area contributed by atoms with Crippen LogP contribution in [0.15, 0.2) is 24.3 Å². The molecule has 1 saturated carbocycles. The molecule has 6 heteroatoms. The maximum atomic E-state index is 14.1. The maximum Gasteiger partial charge on any atom is 0.274 e. The summed E-state index contributed by atoms with van der Waals surface area (Å²) >= 11 is 0. The molecule has 0 radical (unpaired) electrons. The molecule has 0 saturated heterocycles. The molecule has 2 N–H and O–H groups in total. The number of phenolic OH excluding ortho intramolecular Hbond substituents is 1. The second-order valence-electron chi connectivity index (χ2n) is 6.44. The van der Waals surface area contributed by atoms with Crippen molar-refractivity contribution in [1.29, 1.82) is 0 Å². The van der Waals surface area contributed by atoms with E-state index in [1.165, 1.54) is 18.6 Å². The zero-order chi connectivity index (χ0) is 17.1. The number of benzene rings is 1. The highest BCUT2D eigenvalue weighted by molar-refractivity contribution is 5.92. The van der Waals surface area contributed by atoms with Gasteiger partial charge in [-0.2, -0.15) is 5.10 Å². The van der Waals surface area contributed by atoms with E-state index in [4.69, 9.17) is 0 Å². The monoisotopic (exact) mass is 331 g/mol. The average molecular weight is 331 g/mol. The summed E-state index contributed by atoms with van der Waals surface area (Å²) in [6.45, 7) is 2.02. The van der Waals surface area contributed by atoms with E-state index >= 15 is 0 Å². The van der Waals surface area contributed by atoms with Crippen LogP contribution < -0.4 is 0 Å². The Balaban J connectivity index is 1.87. The topological polar surface area (TPSA) is 69.2 Å². The lowest BCUT2D eigenvalue weighted by atomic mass is 9.93. The molecule has 0 spiro atoms. The van der Waals surface area contributed by atoms with Gasteiger partial charge in [0.25, 0.3) is 5.91 Å². The number of hydrogen-bond donors (Lipinski definition) is 2. The van der Waals surface area contributed by atoms with Gasteiger partial charge in [-0.3, -0.25) is 9.89 Å². The van der Waals surface area contributed by atoms with E-state index in [1.54, 1.807) is 11.0 Å². The Labute approximate surface area is 140 Å². The molecule has 3 rings (SSSR count). The first-order valence-electron chi connectivity index (χ1n) is 8.35. The van der Waals surface area contributed by atoms with Crippen molar-refractivity contribution in [3.63, 3.8) is 0 Å². The molecule has 0 aliphatic heterocycles. The van der Waals surface area contributed by atoms with Crippen LogP contribution in [0.1, 0.15) is 53.8 Å². The van der Waals surface area contributed by atoms with Gasteiger partial charge in [-0.15, -0.1) is 0 Å². The van der Waals surface area contributed by atoms with Crippen LogP contribution in [-0.4, -0.2) is 32.2 Å². The van der Waals surface area contributed by atoms with Gasteiger partial charge < -0.3 is 10.0 Å². The number of carbonyl (C=O) groups is 1. The molecule has 128 valence electrons. The minimum atomic E-state index is -0.498. The van der Waals surface area contributed by atoms with Crippen LogP contribution in [-0.2, 0) is 6.54 Å². The summed E-state index contributed by atoms with van der Waals surface area (Å²) in [5.41, 5.74) is 1.58. The van der Waals surface area contributed by atoms with Gasteiger partial charge in [-0.25, -0.2) is 4.39 Å². The molecule has 0 bridgehead atoms. The lowest BCUT2D eigenvalue weighted by molar-refractivity contribution is 0.0605. The Hall–Kier alpha value is -2.37. The van der Waals surface area contributed by atoms with E-state index in [0.717, 1.165) is 37.4 Å². The molecule has 24 heavy (non-hydrogen) atoms. The highest BCUT2D eigenvalue weighted by Gasteiger charge is 2.28. The Bertz CT molecular complexity index is 723. The standard InChI is InChI=1S/C18H22FN3O2/c1-12-9-17(21-20-12)18(24)22(14-5-3-2-4-6-14)11-13-7-8-15(23)10-16(13)19/h7-10,14,23H,2-6,11H2,1H3,(H,20,21). The van der Waals surface area contributed by atoms with Gasteiger partial charge in [0.2, 0.25) is 0 Å². The van der Waals surface area contributed by atoms with Crippen LogP contribution in [0.4, 0.5) is 4.39 Å². The number of aromatic hydroxyl groups is 1. The van der Waals surface area contributed by atoms with Crippen LogP contribution in [0.2, 0.25) is 0 Å². The fourth-order valence-corrected chi connectivity index (χ4v) is 3.28. The summed E-state index contributed by atoms with van der Waals surface area (Å²) in [5, 5.41) is 16.2. The first-order chi connectivity index (χ1) is 11.5. The van der Waals surface area contributed by atoms with Crippen molar-refractivity contribution in [2.45, 2.75) is 51.6 Å². The van der Waals surface area contributed by atoms with Gasteiger partial charge in [0.1, 0.15) is 17.3 Å². The Morgan fingerprint density at radius 2 is 2.08 bits per heavy atom. The summed E-state index contributed by atoms with van der Waals surface area (Å²) in [4.78, 5) is 14.6. The van der Waals surface area contributed by atoms with Crippen molar-refractivity contribution in [2.75, 3.05) is 0 Å². The lowest BCUT2D eigenvalue weighted by Crippen LogP contribution is -2.41. The minimum Gasteiger partial charge on any atom is -0.508 e. The number of amides is 1. The molecule has 1 aliphatic carbocycles. The second-order valence-corrected chi connectivity index (χ2v) is 6.44. The highest BCUT2D eigenvalue weighted by Crippen LogP contribution is 2.26. The number of hydrogen-bond acceptors (Lipinski definition) is 3. The molecule has 1 aliphatic rings. The normalized spacial score (nSPS) is 15.4. The third kappa shape index (κ3) is 3.58. The SMILES string of the molecule is Cc1cc(C(=O)N(Cc2ccc(O)cc2F)C2CCCCC2)n[nH]1. The molecule has 1 aromatic carbocycles. The molecular formula is C18H22FN3O2. The van der Waals surface area contributed by atoms with Crippen LogP contribution in [0.3, 0.4) is 0 Å². The molecule has 1 amide bonds. The van der Waals surface area contributed by atoms with E-state index in [9.17, 15) is 14.3 Å². The predicted molar refractivity (Wildman–Crippen MR) is 88.1 cm³/mol. The van der Waals surface area contributed by atoms with Gasteiger partial charge in [-0.1, -0.05) is 25.3 Å². The van der Waals surface area contributed by atoms with Crippen LogP contribution in [0.25, 0.3) is 0 Å². The maximum absolute atomic E-state index is 14.1. The number of aryl methyl sites for hydroxylation is 1. The fraction of sp³-hybridized carbons (Fsp3) is 0.444. The Kier molecular flexibility index (Phi) is 4.83. The van der Waals surface area contributed by atoms with E-state index in [0.29, 0.717) is 11.3 Å². The Morgan fingerprint density at radius 3 is 2.71 bits per heavy atom. The Morgan fingerprint density at radius 1 is 1.33 bits per heavy atom. The number of rotatable bonds is 4. The van der Waals surface area contributed by atoms with Gasteiger partial charge >= 0.3 is 0 Å². The summed E-state index contributed by atoms with van der Waals surface area (Å²) in [6, 6.07) is 5.86. The summed E-state index contributed by atoms with van der Waals surface area (Å²) in [6.07, 6.45) is 5.18. The number of nitrogens with zero attached hydrogens (tertiary/aromatic N) is 2. The van der Waals surface area contributed by atoms with Gasteiger partial charge in [0.05, 0.1) is 0 Å². The third-order valence-corrected chi connectivity index (χ3v) is 4.58. The number of aromatic nitrogens is 2. The summed E-state index contributed by atoms with van der Waals surface area (Å²) < 4.78 is 14.1. The second kappa shape index (κ2) is 7.03. The molecule has 0 unspecified atom stereocenters. The van der Waals surface area contributed by atoms with E-state index in [2.05, 4.69) is 10.2 Å². The van der Waals surface area contributed by atoms with Crippen LogP contribution >= 0.6 is 0 Å². The van der Waals surface area contributed by atoms with E-state index in [1.807, 2.05) is 6.92 Å². The van der Waals surface area contributed by atoms with Crippen molar-refractivity contribution in [1.82, 2.24) is 15.1 Å². The summed E-state index contributed by atoms with van der Waals surface area (Å²) in [7, 11) is 0. The number of phenols is 1. The molecular weight excluding hydrogens is 309 g/mol. The van der Waals surface area contributed by atoms with Crippen molar-refractivity contribution < 1.29 is 14.3 Å². The molecule has 1 fully saturated rings. The fourth-order valence-electron chi connectivity index (χ4n) is 3.28. The smallest absolute Gasteiger partial charge is 0.274 e. The predicted octanol–water partition coefficient (Wildman–Crippen LogP) is 3.54. The molecule has 1 heterocycles. The number of carbonyl (C=O) groups excluding carboxylic acids is 1. The minimum absolute atomic E-state index is 0.0939. The zero-order valence-electron chi connectivity index (χ0n) is 13.8.